The van der Waals surface area contributed by atoms with Crippen molar-refractivity contribution in [2.24, 2.45) is 0 Å². The zero-order valence-electron chi connectivity index (χ0n) is 17.9. The van der Waals surface area contributed by atoms with Crippen molar-refractivity contribution in [3.63, 3.8) is 0 Å². The van der Waals surface area contributed by atoms with Gasteiger partial charge in [-0.2, -0.15) is 9.49 Å². The second-order valence-electron chi connectivity index (χ2n) is 7.97. The first-order valence-corrected chi connectivity index (χ1v) is 10.5. The normalized spacial score (nSPS) is 14.8. The number of halogens is 2. The molecule has 0 aliphatic carbocycles. The van der Waals surface area contributed by atoms with E-state index in [9.17, 15) is 8.78 Å². The van der Waals surface area contributed by atoms with E-state index in [1.54, 1.807) is 6.20 Å². The molecule has 2 aromatic heterocycles. The van der Waals surface area contributed by atoms with E-state index in [0.29, 0.717) is 16.7 Å². The zero-order valence-corrected chi connectivity index (χ0v) is 17.9. The first-order chi connectivity index (χ1) is 15.5. The van der Waals surface area contributed by atoms with Crippen molar-refractivity contribution in [2.45, 2.75) is 0 Å². The van der Waals surface area contributed by atoms with Crippen LogP contribution in [0.1, 0.15) is 0 Å². The SMILES string of the molecule is COc1ccc(-c2[nH]nc3ncc(-c4ccc(N5CCN(C)CC5)cc4)cc23)c(F)c1F. The summed E-state index contributed by atoms with van der Waals surface area (Å²) in [5.74, 6) is -2.16. The van der Waals surface area contributed by atoms with Gasteiger partial charge in [0.25, 0.3) is 0 Å². The van der Waals surface area contributed by atoms with E-state index in [-0.39, 0.29) is 11.3 Å². The van der Waals surface area contributed by atoms with Crippen LogP contribution in [0.2, 0.25) is 0 Å². The molecule has 1 fully saturated rings. The molecular formula is C24H23F2N5O. The number of ether oxygens (including phenoxy) is 1. The van der Waals surface area contributed by atoms with E-state index < -0.39 is 11.6 Å². The minimum atomic E-state index is -1.03. The zero-order chi connectivity index (χ0) is 22.2. The monoisotopic (exact) mass is 435 g/mol. The quantitative estimate of drug-likeness (QED) is 0.517. The number of likely N-dealkylation sites (N-methyl/N-ethyl adjacent to an activating group) is 1. The van der Waals surface area contributed by atoms with Gasteiger partial charge in [0, 0.05) is 54.6 Å². The number of aromatic amines is 1. The van der Waals surface area contributed by atoms with Crippen molar-refractivity contribution < 1.29 is 13.5 Å². The summed E-state index contributed by atoms with van der Waals surface area (Å²) in [5.41, 5.74) is 3.95. The number of pyridine rings is 1. The fraction of sp³-hybridized carbons (Fsp3) is 0.250. The number of fused-ring (bicyclic) bond motifs is 1. The third-order valence-corrected chi connectivity index (χ3v) is 6.01. The molecule has 0 spiro atoms. The predicted octanol–water partition coefficient (Wildman–Crippen LogP) is 4.33. The number of H-pyrrole nitrogens is 1. The van der Waals surface area contributed by atoms with Crippen LogP contribution in [-0.4, -0.2) is 60.4 Å². The Balaban J connectivity index is 1.49. The molecule has 0 amide bonds. The van der Waals surface area contributed by atoms with Crippen molar-refractivity contribution in [3.8, 4) is 28.1 Å². The summed E-state index contributed by atoms with van der Waals surface area (Å²) in [7, 11) is 3.44. The van der Waals surface area contributed by atoms with Crippen LogP contribution in [0.3, 0.4) is 0 Å². The highest BCUT2D eigenvalue weighted by atomic mass is 19.2. The molecule has 0 atom stereocenters. The van der Waals surface area contributed by atoms with E-state index in [2.05, 4.69) is 56.3 Å². The lowest BCUT2D eigenvalue weighted by molar-refractivity contribution is 0.313. The molecule has 164 valence electrons. The number of rotatable bonds is 4. The Kier molecular flexibility index (Phi) is 5.22. The van der Waals surface area contributed by atoms with Crippen LogP contribution in [-0.2, 0) is 0 Å². The molecule has 0 radical (unpaired) electrons. The van der Waals surface area contributed by atoms with Gasteiger partial charge in [0.2, 0.25) is 5.82 Å². The van der Waals surface area contributed by atoms with Crippen molar-refractivity contribution in [3.05, 3.63) is 60.3 Å². The first kappa shape index (κ1) is 20.4. The standard InChI is InChI=1S/C24H23F2N5O/c1-30-9-11-31(12-10-30)17-5-3-15(4-6-17)16-13-19-23(28-29-24(19)27-14-16)18-7-8-20(32-2)22(26)21(18)25/h3-8,13-14H,9-12H2,1-2H3,(H,27,28,29). The number of anilines is 1. The number of nitrogens with zero attached hydrogens (tertiary/aromatic N) is 4. The van der Waals surface area contributed by atoms with Gasteiger partial charge in [0.1, 0.15) is 0 Å². The molecule has 1 saturated heterocycles. The number of piperazine rings is 1. The van der Waals surface area contributed by atoms with E-state index in [1.165, 1.54) is 24.9 Å². The van der Waals surface area contributed by atoms with Gasteiger partial charge >= 0.3 is 0 Å². The van der Waals surface area contributed by atoms with E-state index in [1.807, 2.05) is 6.07 Å². The molecule has 1 N–H and O–H groups in total. The number of hydrogen-bond acceptors (Lipinski definition) is 5. The largest absolute Gasteiger partial charge is 0.494 e. The lowest BCUT2D eigenvalue weighted by Crippen LogP contribution is -2.44. The minimum absolute atomic E-state index is 0.0789. The summed E-state index contributed by atoms with van der Waals surface area (Å²) >= 11 is 0. The van der Waals surface area contributed by atoms with Gasteiger partial charge in [-0.15, -0.1) is 0 Å². The van der Waals surface area contributed by atoms with E-state index in [0.717, 1.165) is 37.3 Å². The van der Waals surface area contributed by atoms with Crippen LogP contribution < -0.4 is 9.64 Å². The molecule has 2 aromatic carbocycles. The van der Waals surface area contributed by atoms with Crippen LogP contribution in [0.25, 0.3) is 33.4 Å². The topological polar surface area (TPSA) is 57.3 Å². The third kappa shape index (κ3) is 3.56. The summed E-state index contributed by atoms with van der Waals surface area (Å²) in [6, 6.07) is 13.1. The van der Waals surface area contributed by atoms with Crippen LogP contribution in [0.15, 0.2) is 48.7 Å². The molecular weight excluding hydrogens is 412 g/mol. The molecule has 3 heterocycles. The van der Waals surface area contributed by atoms with Crippen molar-refractivity contribution in [1.82, 2.24) is 20.1 Å². The second-order valence-corrected chi connectivity index (χ2v) is 7.97. The fourth-order valence-electron chi connectivity index (χ4n) is 4.07. The average Bonchev–Trinajstić information content (AvgIpc) is 3.24. The summed E-state index contributed by atoms with van der Waals surface area (Å²) in [6.07, 6.45) is 1.74. The predicted molar refractivity (Wildman–Crippen MR) is 121 cm³/mol. The molecule has 0 saturated carbocycles. The summed E-state index contributed by atoms with van der Waals surface area (Å²) in [4.78, 5) is 9.11. The fourth-order valence-corrected chi connectivity index (χ4v) is 4.07. The molecule has 4 aromatic rings. The first-order valence-electron chi connectivity index (χ1n) is 10.5. The smallest absolute Gasteiger partial charge is 0.201 e. The van der Waals surface area contributed by atoms with Gasteiger partial charge in [-0.3, -0.25) is 5.10 Å². The minimum Gasteiger partial charge on any atom is -0.494 e. The molecule has 1 aliphatic rings. The van der Waals surface area contributed by atoms with Gasteiger partial charge in [0.05, 0.1) is 12.8 Å². The maximum absolute atomic E-state index is 14.7. The Morgan fingerprint density at radius 2 is 1.69 bits per heavy atom. The molecule has 0 unspecified atom stereocenters. The summed E-state index contributed by atoms with van der Waals surface area (Å²) < 4.78 is 33.8. The van der Waals surface area contributed by atoms with Gasteiger partial charge in [0.15, 0.2) is 17.2 Å². The summed E-state index contributed by atoms with van der Waals surface area (Å²) in [6.45, 7) is 4.11. The Labute approximate surface area is 184 Å². The number of benzene rings is 2. The Morgan fingerprint density at radius 3 is 2.41 bits per heavy atom. The van der Waals surface area contributed by atoms with Gasteiger partial charge < -0.3 is 14.5 Å². The number of methoxy groups -OCH3 is 1. The Bertz CT molecular complexity index is 1260. The summed E-state index contributed by atoms with van der Waals surface area (Å²) in [5, 5.41) is 7.58. The molecule has 1 aliphatic heterocycles. The van der Waals surface area contributed by atoms with Crippen molar-refractivity contribution in [1.29, 1.82) is 0 Å². The highest BCUT2D eigenvalue weighted by Gasteiger charge is 2.19. The highest BCUT2D eigenvalue weighted by Crippen LogP contribution is 2.34. The van der Waals surface area contributed by atoms with Crippen molar-refractivity contribution >= 4 is 16.7 Å². The van der Waals surface area contributed by atoms with Crippen LogP contribution in [0.4, 0.5) is 14.5 Å². The maximum Gasteiger partial charge on any atom is 0.201 e. The molecule has 32 heavy (non-hydrogen) atoms. The maximum atomic E-state index is 14.7. The molecule has 0 bridgehead atoms. The number of hydrogen-bond donors (Lipinski definition) is 1. The van der Waals surface area contributed by atoms with Crippen LogP contribution in [0, 0.1) is 11.6 Å². The van der Waals surface area contributed by atoms with E-state index >= 15 is 0 Å². The van der Waals surface area contributed by atoms with Crippen molar-refractivity contribution in [2.75, 3.05) is 45.2 Å². The van der Waals surface area contributed by atoms with Crippen LogP contribution >= 0.6 is 0 Å². The molecule has 5 rings (SSSR count). The van der Waals surface area contributed by atoms with E-state index in [4.69, 9.17) is 4.74 Å². The van der Waals surface area contributed by atoms with Gasteiger partial charge in [-0.25, -0.2) is 9.37 Å². The lowest BCUT2D eigenvalue weighted by atomic mass is 10.0. The second kappa shape index (κ2) is 8.20. The molecule has 6 nitrogen and oxygen atoms in total. The van der Waals surface area contributed by atoms with Crippen LogP contribution in [0.5, 0.6) is 5.75 Å². The highest BCUT2D eigenvalue weighted by molar-refractivity contribution is 5.93. The molecule has 8 heteroatoms. The van der Waals surface area contributed by atoms with Gasteiger partial charge in [-0.1, -0.05) is 12.1 Å². The number of nitrogens with one attached hydrogen (secondary N) is 1. The van der Waals surface area contributed by atoms with Gasteiger partial charge in [-0.05, 0) is 42.9 Å². The third-order valence-electron chi connectivity index (χ3n) is 6.01. The Morgan fingerprint density at radius 1 is 0.938 bits per heavy atom. The lowest BCUT2D eigenvalue weighted by Gasteiger charge is -2.34. The average molecular weight is 435 g/mol. The Hall–Kier alpha value is -3.52. The number of aromatic nitrogens is 3.